The molecular weight excluding hydrogens is 346 g/mol. The molecule has 1 aromatic heterocycles. The van der Waals surface area contributed by atoms with Crippen molar-refractivity contribution in [2.24, 2.45) is 0 Å². The Morgan fingerprint density at radius 1 is 1.21 bits per heavy atom. The lowest BCUT2D eigenvalue weighted by Crippen LogP contribution is -2.13. The molecule has 0 bridgehead atoms. The quantitative estimate of drug-likeness (QED) is 0.686. The summed E-state index contributed by atoms with van der Waals surface area (Å²) in [7, 11) is 1.53. The van der Waals surface area contributed by atoms with Crippen LogP contribution in [0.2, 0.25) is 5.02 Å². The van der Waals surface area contributed by atoms with Crippen molar-refractivity contribution in [1.29, 1.82) is 0 Å². The van der Waals surface area contributed by atoms with Crippen molar-refractivity contribution < 1.29 is 9.53 Å². The number of anilines is 3. The topological polar surface area (TPSA) is 63.2 Å². The van der Waals surface area contributed by atoms with Crippen LogP contribution in [0.3, 0.4) is 0 Å². The number of rotatable bonds is 5. The molecule has 0 aliphatic carbocycles. The molecule has 5 nitrogen and oxygen atoms in total. The third-order valence-corrected chi connectivity index (χ3v) is 4.16. The normalized spacial score (nSPS) is 10.2. The lowest BCUT2D eigenvalue weighted by atomic mass is 10.3. The molecule has 0 saturated heterocycles. The van der Waals surface area contributed by atoms with Crippen LogP contribution < -0.4 is 15.4 Å². The highest BCUT2D eigenvalue weighted by molar-refractivity contribution is 7.14. The maximum absolute atomic E-state index is 12.4. The number of carbonyl (C=O) groups excluding carboxylic acids is 1. The monoisotopic (exact) mass is 359 g/mol. The van der Waals surface area contributed by atoms with Crippen molar-refractivity contribution in [2.75, 3.05) is 17.7 Å². The summed E-state index contributed by atoms with van der Waals surface area (Å²) in [6.45, 7) is 0. The summed E-state index contributed by atoms with van der Waals surface area (Å²) in [6, 6.07) is 14.7. The highest BCUT2D eigenvalue weighted by Gasteiger charge is 2.14. The van der Waals surface area contributed by atoms with Gasteiger partial charge in [-0.3, -0.25) is 4.79 Å². The highest BCUT2D eigenvalue weighted by atomic mass is 35.5. The summed E-state index contributed by atoms with van der Waals surface area (Å²) in [5.41, 5.74) is 1.73. The van der Waals surface area contributed by atoms with E-state index in [0.717, 1.165) is 5.69 Å². The second kappa shape index (κ2) is 7.33. The fourth-order valence-electron chi connectivity index (χ4n) is 2.04. The molecule has 0 atom stereocenters. The first-order valence-electron chi connectivity index (χ1n) is 7.08. The average molecular weight is 360 g/mol. The maximum Gasteiger partial charge on any atom is 0.275 e. The van der Waals surface area contributed by atoms with E-state index in [0.29, 0.717) is 27.3 Å². The number of thiazole rings is 1. The lowest BCUT2D eigenvalue weighted by Gasteiger charge is -2.09. The van der Waals surface area contributed by atoms with Crippen LogP contribution in [0.15, 0.2) is 53.9 Å². The number of nitrogens with one attached hydrogen (secondary N) is 2. The van der Waals surface area contributed by atoms with Gasteiger partial charge in [-0.1, -0.05) is 29.8 Å². The Balaban J connectivity index is 1.73. The van der Waals surface area contributed by atoms with Gasteiger partial charge in [0.1, 0.15) is 11.4 Å². The number of halogens is 1. The molecule has 3 rings (SSSR count). The van der Waals surface area contributed by atoms with Crippen LogP contribution >= 0.6 is 22.9 Å². The molecular formula is C17H14ClN3O2S. The number of hydrogen-bond acceptors (Lipinski definition) is 5. The molecule has 0 spiro atoms. The van der Waals surface area contributed by atoms with Gasteiger partial charge >= 0.3 is 0 Å². The molecule has 1 heterocycles. The minimum absolute atomic E-state index is 0.320. The summed E-state index contributed by atoms with van der Waals surface area (Å²) < 4.78 is 5.22. The van der Waals surface area contributed by atoms with E-state index >= 15 is 0 Å². The molecule has 24 heavy (non-hydrogen) atoms. The predicted octanol–water partition coefficient (Wildman–Crippen LogP) is 4.80. The van der Waals surface area contributed by atoms with Crippen molar-refractivity contribution in [3.8, 4) is 5.75 Å². The number of aromatic nitrogens is 1. The van der Waals surface area contributed by atoms with Crippen LogP contribution in [0.25, 0.3) is 0 Å². The number of hydrogen-bond donors (Lipinski definition) is 2. The van der Waals surface area contributed by atoms with Crippen molar-refractivity contribution in [3.05, 3.63) is 64.6 Å². The van der Waals surface area contributed by atoms with Crippen molar-refractivity contribution in [1.82, 2.24) is 4.98 Å². The molecule has 0 radical (unpaired) electrons. The predicted molar refractivity (Wildman–Crippen MR) is 97.8 cm³/mol. The second-order valence-electron chi connectivity index (χ2n) is 4.83. The van der Waals surface area contributed by atoms with E-state index in [1.54, 1.807) is 23.6 Å². The SMILES string of the molecule is COc1ccc(Cl)cc1NC(=O)c1csc(Nc2ccccc2)n1. The smallest absolute Gasteiger partial charge is 0.275 e. The van der Waals surface area contributed by atoms with Gasteiger partial charge in [-0.15, -0.1) is 11.3 Å². The Kier molecular flexibility index (Phi) is 4.98. The van der Waals surface area contributed by atoms with Gasteiger partial charge in [-0.25, -0.2) is 4.98 Å². The van der Waals surface area contributed by atoms with Crippen molar-refractivity contribution in [2.45, 2.75) is 0 Å². The zero-order valence-corrected chi connectivity index (χ0v) is 14.3. The van der Waals surface area contributed by atoms with Gasteiger partial charge in [0.25, 0.3) is 5.91 Å². The van der Waals surface area contributed by atoms with Gasteiger partial charge in [0, 0.05) is 16.1 Å². The van der Waals surface area contributed by atoms with Crippen molar-refractivity contribution in [3.63, 3.8) is 0 Å². The van der Waals surface area contributed by atoms with E-state index in [9.17, 15) is 4.79 Å². The Bertz CT molecular complexity index is 852. The summed E-state index contributed by atoms with van der Waals surface area (Å²) >= 11 is 7.32. The second-order valence-corrected chi connectivity index (χ2v) is 6.12. The molecule has 0 fully saturated rings. The number of nitrogens with zero attached hydrogens (tertiary/aromatic N) is 1. The van der Waals surface area contributed by atoms with Gasteiger partial charge in [0.05, 0.1) is 12.8 Å². The Labute approximate surface area is 148 Å². The summed E-state index contributed by atoms with van der Waals surface area (Å²) in [5.74, 6) is 0.207. The molecule has 2 aromatic carbocycles. The van der Waals surface area contributed by atoms with E-state index in [2.05, 4.69) is 15.6 Å². The van der Waals surface area contributed by atoms with Crippen LogP contribution in [0.4, 0.5) is 16.5 Å². The molecule has 3 aromatic rings. The number of benzene rings is 2. The van der Waals surface area contributed by atoms with E-state index in [1.807, 2.05) is 30.3 Å². The number of carbonyl (C=O) groups is 1. The fourth-order valence-corrected chi connectivity index (χ4v) is 2.93. The van der Waals surface area contributed by atoms with Gasteiger partial charge in [-0.2, -0.15) is 0 Å². The van der Waals surface area contributed by atoms with Crippen LogP contribution in [0.5, 0.6) is 5.75 Å². The summed E-state index contributed by atoms with van der Waals surface area (Å²) in [5, 5.41) is 8.77. The highest BCUT2D eigenvalue weighted by Crippen LogP contribution is 2.28. The van der Waals surface area contributed by atoms with E-state index in [-0.39, 0.29) is 5.91 Å². The zero-order valence-electron chi connectivity index (χ0n) is 12.7. The molecule has 2 N–H and O–H groups in total. The molecule has 0 saturated carbocycles. The Morgan fingerprint density at radius 2 is 2.00 bits per heavy atom. The average Bonchev–Trinajstić information content (AvgIpc) is 3.05. The van der Waals surface area contributed by atoms with Crippen molar-refractivity contribution >= 4 is 45.4 Å². The minimum Gasteiger partial charge on any atom is -0.495 e. The molecule has 122 valence electrons. The van der Waals surface area contributed by atoms with Crippen LogP contribution in [0.1, 0.15) is 10.5 Å². The van der Waals surface area contributed by atoms with E-state index in [4.69, 9.17) is 16.3 Å². The largest absolute Gasteiger partial charge is 0.495 e. The minimum atomic E-state index is -0.326. The number of amides is 1. The van der Waals surface area contributed by atoms with Gasteiger partial charge < -0.3 is 15.4 Å². The zero-order chi connectivity index (χ0) is 16.9. The van der Waals surface area contributed by atoms with Gasteiger partial charge in [0.2, 0.25) is 0 Å². The molecule has 0 unspecified atom stereocenters. The lowest BCUT2D eigenvalue weighted by molar-refractivity contribution is 0.102. The standard InChI is InChI=1S/C17H14ClN3O2S/c1-23-15-8-7-11(18)9-13(15)20-16(22)14-10-24-17(21-14)19-12-5-3-2-4-6-12/h2-10H,1H3,(H,19,21)(H,20,22). The Morgan fingerprint density at radius 3 is 2.75 bits per heavy atom. The third-order valence-electron chi connectivity index (χ3n) is 3.17. The fraction of sp³-hybridized carbons (Fsp3) is 0.0588. The van der Waals surface area contributed by atoms with Crippen LogP contribution in [0, 0.1) is 0 Å². The summed E-state index contributed by atoms with van der Waals surface area (Å²) in [4.78, 5) is 16.7. The molecule has 0 aliphatic heterocycles. The molecule has 7 heteroatoms. The van der Waals surface area contributed by atoms with Gasteiger partial charge in [-0.05, 0) is 30.3 Å². The Hall–Kier alpha value is -2.57. The van der Waals surface area contributed by atoms with E-state index in [1.165, 1.54) is 18.4 Å². The van der Waals surface area contributed by atoms with Crippen LogP contribution in [-0.2, 0) is 0 Å². The van der Waals surface area contributed by atoms with Gasteiger partial charge in [0.15, 0.2) is 5.13 Å². The first-order valence-corrected chi connectivity index (χ1v) is 8.34. The number of para-hydroxylation sites is 1. The maximum atomic E-state index is 12.4. The van der Waals surface area contributed by atoms with Crippen LogP contribution in [-0.4, -0.2) is 18.0 Å². The first kappa shape index (κ1) is 16.3. The number of methoxy groups -OCH3 is 1. The third kappa shape index (κ3) is 3.84. The molecule has 0 aliphatic rings. The summed E-state index contributed by atoms with van der Waals surface area (Å²) in [6.07, 6.45) is 0. The first-order chi connectivity index (χ1) is 11.7. The number of ether oxygens (including phenoxy) is 1. The van der Waals surface area contributed by atoms with E-state index < -0.39 is 0 Å². The molecule has 1 amide bonds.